The number of aromatic nitrogens is 1. The van der Waals surface area contributed by atoms with Crippen molar-refractivity contribution in [1.82, 2.24) is 0 Å². The summed E-state index contributed by atoms with van der Waals surface area (Å²) in [5, 5.41) is 1.11. The zero-order valence-electron chi connectivity index (χ0n) is 37.4. The maximum Gasteiger partial charge on any atom is 0.416 e. The molecule has 7 aromatic rings. The van der Waals surface area contributed by atoms with Crippen LogP contribution in [0.5, 0.6) is 0 Å². The predicted molar refractivity (Wildman–Crippen MR) is 233 cm³/mol. The number of hydrogen-bond acceptors (Lipinski definition) is 1. The average Bonchev–Trinajstić information content (AvgIpc) is 3.30. The van der Waals surface area contributed by atoms with Gasteiger partial charge in [-0.1, -0.05) is 84.9 Å². The Bertz CT molecular complexity index is 2870. The molecule has 0 atom stereocenters. The normalized spacial score (nSPS) is 13.4. The molecule has 77 heavy (non-hydrogen) atoms. The molecule has 410 valence electrons. The van der Waals surface area contributed by atoms with E-state index in [0.717, 1.165) is 20.9 Å². The van der Waals surface area contributed by atoms with Gasteiger partial charge in [0.15, 0.2) is 6.20 Å². The highest BCUT2D eigenvalue weighted by Crippen LogP contribution is 2.41. The number of carbonyl (C=O) groups is 1. The summed E-state index contributed by atoms with van der Waals surface area (Å²) >= 11 is 3.54. The van der Waals surface area contributed by atoms with Gasteiger partial charge >= 0.3 is 49.4 Å². The van der Waals surface area contributed by atoms with Crippen molar-refractivity contribution < 1.29 is 115 Å². The Morgan fingerprint density at radius 2 is 0.649 bits per heavy atom. The Morgan fingerprint density at radius 1 is 0.364 bits per heavy atom. The number of halogens is 25. The number of carbonyl (C=O) groups excluding carboxylic acids is 1. The summed E-state index contributed by atoms with van der Waals surface area (Å²) in [6.07, 6.45) is -52.9. The van der Waals surface area contributed by atoms with E-state index < -0.39 is 195 Å². The summed E-state index contributed by atoms with van der Waals surface area (Å²) in [5.74, 6) is 0.114. The second-order valence-corrected chi connectivity index (χ2v) is 17.7. The standard InChI is InChI=1S/C32H12BF24.C17H13BrNO/c34-25(35,36)13-1-14(26(37,38)39)6-21(5-13)33(22-7-15(27(40,41)42)2-16(8-22)28(43,44)45,23-9-17(29(46,47)48)3-18(10-23)30(49,50)51)24-11-19(31(52,53)54)4-20(12-24)32(55,56)57;18-15-9-4-10-16-14(15)8-5-11-19(16)12-17(20)13-6-2-1-3-7-13/h1-12H;1-11H,12H2/q-1;+1. The lowest BCUT2D eigenvalue weighted by Crippen LogP contribution is -2.75. The molecule has 0 saturated heterocycles. The summed E-state index contributed by atoms with van der Waals surface area (Å²) in [7, 11) is 0. The molecular formula is C49H25BBrF24NO. The number of hydrogen-bond donors (Lipinski definition) is 0. The molecule has 0 aliphatic carbocycles. The van der Waals surface area contributed by atoms with E-state index in [0.29, 0.717) is 6.54 Å². The molecule has 0 spiro atoms. The molecule has 7 rings (SSSR count). The number of Topliss-reactive ketones (excluding diaryl/α,β-unsaturated/α-hetero) is 1. The van der Waals surface area contributed by atoms with Crippen molar-refractivity contribution in [1.29, 1.82) is 0 Å². The lowest BCUT2D eigenvalue weighted by molar-refractivity contribution is -0.657. The molecule has 0 fully saturated rings. The fourth-order valence-corrected chi connectivity index (χ4v) is 8.83. The number of fused-ring (bicyclic) bond motifs is 1. The van der Waals surface area contributed by atoms with Crippen LogP contribution < -0.4 is 26.4 Å². The highest BCUT2D eigenvalue weighted by molar-refractivity contribution is 9.10. The van der Waals surface area contributed by atoms with Crippen LogP contribution in [0.15, 0.2) is 144 Å². The molecule has 0 unspecified atom stereocenters. The summed E-state index contributed by atoms with van der Waals surface area (Å²) in [6.45, 7) is 0.345. The van der Waals surface area contributed by atoms with Crippen LogP contribution in [0, 0.1) is 0 Å². The van der Waals surface area contributed by atoms with Crippen LogP contribution in [-0.2, 0) is 56.0 Å². The summed E-state index contributed by atoms with van der Waals surface area (Å²) < 4.78 is 344. The van der Waals surface area contributed by atoms with E-state index in [1.807, 2.05) is 71.4 Å². The molecule has 0 saturated carbocycles. The van der Waals surface area contributed by atoms with Crippen molar-refractivity contribution in [2.75, 3.05) is 0 Å². The lowest BCUT2D eigenvalue weighted by atomic mass is 9.12. The third kappa shape index (κ3) is 13.3. The van der Waals surface area contributed by atoms with E-state index in [9.17, 15) is 110 Å². The van der Waals surface area contributed by atoms with Gasteiger partial charge in [0, 0.05) is 22.2 Å². The van der Waals surface area contributed by atoms with Crippen molar-refractivity contribution in [2.24, 2.45) is 0 Å². The van der Waals surface area contributed by atoms with Gasteiger partial charge in [-0.2, -0.15) is 132 Å². The molecule has 2 nitrogen and oxygen atoms in total. The number of benzene rings is 6. The Kier molecular flexibility index (Phi) is 15.9. The first-order valence-electron chi connectivity index (χ1n) is 21.0. The average molecular weight is 1190 g/mol. The Morgan fingerprint density at radius 3 is 0.922 bits per heavy atom. The number of pyridine rings is 1. The van der Waals surface area contributed by atoms with E-state index >= 15 is 0 Å². The first-order chi connectivity index (χ1) is 35.0. The summed E-state index contributed by atoms with van der Waals surface area (Å²) in [5.41, 5.74) is -28.4. The minimum Gasteiger partial charge on any atom is -0.287 e. The zero-order valence-corrected chi connectivity index (χ0v) is 39.0. The van der Waals surface area contributed by atoms with Crippen molar-refractivity contribution in [2.45, 2.75) is 56.0 Å². The van der Waals surface area contributed by atoms with Gasteiger partial charge in [0.1, 0.15) is 6.15 Å². The van der Waals surface area contributed by atoms with Gasteiger partial charge in [0.2, 0.25) is 17.8 Å². The number of nitrogens with zero attached hydrogens (tertiary/aromatic N) is 1. The zero-order chi connectivity index (χ0) is 57.9. The monoisotopic (exact) mass is 1190 g/mol. The molecule has 0 aliphatic heterocycles. The Balaban J connectivity index is 0.000000397. The van der Waals surface area contributed by atoms with E-state index in [1.54, 1.807) is 0 Å². The molecule has 1 heterocycles. The molecular weight excluding hydrogens is 1170 g/mol. The number of rotatable bonds is 7. The van der Waals surface area contributed by atoms with Crippen LogP contribution in [0.25, 0.3) is 10.9 Å². The van der Waals surface area contributed by atoms with Gasteiger partial charge in [0.25, 0.3) is 0 Å². The van der Waals surface area contributed by atoms with Crippen molar-refractivity contribution in [3.05, 3.63) is 194 Å². The van der Waals surface area contributed by atoms with Crippen LogP contribution in [0.3, 0.4) is 0 Å². The number of alkyl halides is 24. The fraction of sp³-hybridized carbons (Fsp3) is 0.184. The van der Waals surface area contributed by atoms with Crippen LogP contribution in [0.4, 0.5) is 105 Å². The first-order valence-corrected chi connectivity index (χ1v) is 21.8. The van der Waals surface area contributed by atoms with Crippen LogP contribution in [-0.4, -0.2) is 11.9 Å². The van der Waals surface area contributed by atoms with Crippen LogP contribution >= 0.6 is 15.9 Å². The number of ketones is 1. The molecule has 6 aromatic carbocycles. The first kappa shape index (κ1) is 59.5. The molecule has 28 heteroatoms. The minimum absolute atomic E-state index is 0.114. The molecule has 0 amide bonds. The van der Waals surface area contributed by atoms with E-state index in [2.05, 4.69) is 15.9 Å². The molecule has 0 aliphatic rings. The quantitative estimate of drug-likeness (QED) is 0.0674. The van der Waals surface area contributed by atoms with Crippen molar-refractivity contribution in [3.63, 3.8) is 0 Å². The second-order valence-electron chi connectivity index (χ2n) is 16.8. The fourth-order valence-electron chi connectivity index (χ4n) is 8.34. The van der Waals surface area contributed by atoms with Crippen molar-refractivity contribution in [3.8, 4) is 0 Å². The second kappa shape index (κ2) is 20.6. The molecule has 0 bridgehead atoms. The predicted octanol–water partition coefficient (Wildman–Crippen LogP) is 15.0. The minimum atomic E-state index is -6.13. The SMILES string of the molecule is FC(F)(F)c1cc([B-](c2cc(C(F)(F)F)cc(C(F)(F)F)c2)(c2cc(C(F)(F)F)cc(C(F)(F)F)c2)c2cc(C(F)(F)F)cc(C(F)(F)F)c2)cc(C(F)(F)F)c1.O=C(C[n+]1cccc2c(Br)cccc21)c1ccccc1. The van der Waals surface area contributed by atoms with Crippen molar-refractivity contribution >= 4 is 60.6 Å². The summed E-state index contributed by atoms with van der Waals surface area (Å²) in [4.78, 5) is 12.3. The van der Waals surface area contributed by atoms with Crippen LogP contribution in [0.1, 0.15) is 54.9 Å². The molecule has 0 N–H and O–H groups in total. The van der Waals surface area contributed by atoms with Gasteiger partial charge in [-0.3, -0.25) is 4.79 Å². The smallest absolute Gasteiger partial charge is 0.287 e. The van der Waals surface area contributed by atoms with E-state index in [1.165, 1.54) is 0 Å². The van der Waals surface area contributed by atoms with Gasteiger partial charge in [-0.25, -0.2) is 0 Å². The van der Waals surface area contributed by atoms with Crippen LogP contribution in [0.2, 0.25) is 0 Å². The third-order valence-electron chi connectivity index (χ3n) is 11.7. The maximum absolute atomic E-state index is 14.2. The Labute approximate surface area is 424 Å². The lowest BCUT2D eigenvalue weighted by Gasteiger charge is -2.46. The Hall–Kier alpha value is -6.74. The summed E-state index contributed by atoms with van der Waals surface area (Å²) in [6, 6.07) is 10.6. The maximum atomic E-state index is 14.2. The largest absolute Gasteiger partial charge is 0.416 e. The van der Waals surface area contributed by atoms with E-state index in [-0.39, 0.29) is 5.78 Å². The highest BCUT2D eigenvalue weighted by Gasteiger charge is 2.47. The van der Waals surface area contributed by atoms with Gasteiger partial charge in [0.05, 0.1) is 49.9 Å². The highest BCUT2D eigenvalue weighted by atomic mass is 79.9. The van der Waals surface area contributed by atoms with Gasteiger partial charge in [-0.15, -0.1) is 0 Å². The van der Waals surface area contributed by atoms with Gasteiger partial charge in [-0.05, 0) is 52.3 Å². The topological polar surface area (TPSA) is 20.9 Å². The molecule has 0 radical (unpaired) electrons. The third-order valence-corrected chi connectivity index (χ3v) is 12.4. The molecule has 1 aromatic heterocycles. The van der Waals surface area contributed by atoms with Gasteiger partial charge < -0.3 is 0 Å². The van der Waals surface area contributed by atoms with E-state index in [4.69, 9.17) is 0 Å².